The fraction of sp³-hybridized carbons (Fsp3) is 0.500. The summed E-state index contributed by atoms with van der Waals surface area (Å²) in [5, 5.41) is 0. The van der Waals surface area contributed by atoms with Gasteiger partial charge in [-0.15, -0.1) is 0 Å². The summed E-state index contributed by atoms with van der Waals surface area (Å²) in [6.45, 7) is 12.0. The number of allylic oxidation sites excluding steroid dienone is 1. The molecule has 0 bridgehead atoms. The van der Waals surface area contributed by atoms with E-state index in [0.717, 1.165) is 35.7 Å². The molecule has 1 aliphatic heterocycles. The van der Waals surface area contributed by atoms with Gasteiger partial charge in [-0.25, -0.2) is 0 Å². The van der Waals surface area contributed by atoms with E-state index in [1.807, 2.05) is 6.92 Å². The van der Waals surface area contributed by atoms with Crippen LogP contribution in [0.1, 0.15) is 33.3 Å². The van der Waals surface area contributed by atoms with E-state index in [-0.39, 0.29) is 0 Å². The first-order valence-corrected chi connectivity index (χ1v) is 8.66. The lowest BCUT2D eigenvalue weighted by atomic mass is 10.1. The Morgan fingerprint density at radius 2 is 2.22 bits per heavy atom. The molecule has 4 nitrogen and oxygen atoms in total. The Hall–Kier alpha value is -1.59. The summed E-state index contributed by atoms with van der Waals surface area (Å²) in [6, 6.07) is 4.55. The van der Waals surface area contributed by atoms with Gasteiger partial charge in [-0.3, -0.25) is 4.90 Å². The minimum atomic E-state index is 0.415. The predicted octanol–water partition coefficient (Wildman–Crippen LogP) is 4.27. The van der Waals surface area contributed by atoms with E-state index in [9.17, 15) is 0 Å². The second-order valence-corrected chi connectivity index (χ2v) is 6.86. The van der Waals surface area contributed by atoms with Crippen LogP contribution in [0.5, 0.6) is 5.75 Å². The van der Waals surface area contributed by atoms with Crippen molar-refractivity contribution >= 4 is 23.3 Å². The molecule has 0 amide bonds. The molecule has 2 heterocycles. The summed E-state index contributed by atoms with van der Waals surface area (Å²) in [4.78, 5) is 5.83. The number of rotatable bonds is 4. The fourth-order valence-corrected chi connectivity index (χ4v) is 3.49. The highest BCUT2D eigenvalue weighted by Crippen LogP contribution is 2.32. The number of ether oxygens (including phenoxy) is 1. The second kappa shape index (κ2) is 6.49. The van der Waals surface area contributed by atoms with Gasteiger partial charge in [-0.05, 0) is 52.0 Å². The monoisotopic (exact) mass is 331 g/mol. The van der Waals surface area contributed by atoms with Crippen molar-refractivity contribution < 1.29 is 4.74 Å². The zero-order valence-electron chi connectivity index (χ0n) is 14.3. The average Bonchev–Trinajstić information content (AvgIpc) is 2.72. The van der Waals surface area contributed by atoms with Crippen molar-refractivity contribution in [2.75, 3.05) is 13.2 Å². The van der Waals surface area contributed by atoms with Gasteiger partial charge in [0, 0.05) is 31.2 Å². The molecule has 23 heavy (non-hydrogen) atoms. The van der Waals surface area contributed by atoms with Gasteiger partial charge in [0.15, 0.2) is 4.77 Å². The number of H-pyrrole nitrogens is 1. The zero-order valence-corrected chi connectivity index (χ0v) is 15.2. The summed E-state index contributed by atoms with van der Waals surface area (Å²) >= 11 is 5.55. The predicted molar refractivity (Wildman–Crippen MR) is 97.6 cm³/mol. The molecule has 0 saturated carbocycles. The second-order valence-electron chi connectivity index (χ2n) is 6.47. The normalized spacial score (nSPS) is 18.0. The zero-order chi connectivity index (χ0) is 16.6. The van der Waals surface area contributed by atoms with Crippen LogP contribution in [0, 0.1) is 4.77 Å². The summed E-state index contributed by atoms with van der Waals surface area (Å²) in [6.07, 6.45) is 2.29. The number of benzene rings is 1. The van der Waals surface area contributed by atoms with Crippen LogP contribution in [0.15, 0.2) is 23.8 Å². The van der Waals surface area contributed by atoms with Gasteiger partial charge in [0.1, 0.15) is 5.75 Å². The first kappa shape index (κ1) is 16.3. The summed E-state index contributed by atoms with van der Waals surface area (Å²) in [5.74, 6) is 0.971. The molecule has 0 saturated heterocycles. The largest absolute Gasteiger partial charge is 0.493 e. The fourth-order valence-electron chi connectivity index (χ4n) is 3.21. The van der Waals surface area contributed by atoms with Gasteiger partial charge < -0.3 is 14.3 Å². The highest BCUT2D eigenvalue weighted by atomic mass is 32.1. The molecule has 2 aromatic rings. The van der Waals surface area contributed by atoms with Crippen molar-refractivity contribution in [3.63, 3.8) is 0 Å². The van der Waals surface area contributed by atoms with Gasteiger partial charge in [0.05, 0.1) is 17.6 Å². The first-order chi connectivity index (χ1) is 11.0. The molecule has 1 aromatic heterocycles. The van der Waals surface area contributed by atoms with E-state index >= 15 is 0 Å². The van der Waals surface area contributed by atoms with E-state index in [0.29, 0.717) is 12.6 Å². The van der Waals surface area contributed by atoms with E-state index < -0.39 is 0 Å². The number of hydrogen-bond acceptors (Lipinski definition) is 3. The molecule has 0 unspecified atom stereocenters. The number of nitrogens with zero attached hydrogens (tertiary/aromatic N) is 2. The van der Waals surface area contributed by atoms with Gasteiger partial charge in [-0.1, -0.05) is 11.6 Å². The minimum Gasteiger partial charge on any atom is -0.493 e. The standard InChI is InChI=1S/C18H25N3OS/c1-5-22-16-7-6-15-17-14(16)11-20(9-8-12(2)3)13(4)10-21(17)18(23)19-15/h6-8,13H,5,9-11H2,1-4H3,(H,19,23)/t13-/m0/s1. The highest BCUT2D eigenvalue weighted by Gasteiger charge is 2.25. The number of nitrogens with one attached hydrogen (secondary N) is 1. The highest BCUT2D eigenvalue weighted by molar-refractivity contribution is 7.71. The van der Waals surface area contributed by atoms with Crippen LogP contribution in [0.4, 0.5) is 0 Å². The molecule has 5 heteroatoms. The van der Waals surface area contributed by atoms with Crippen molar-refractivity contribution in [1.82, 2.24) is 14.5 Å². The third kappa shape index (κ3) is 3.08. The Labute approximate surface area is 142 Å². The Morgan fingerprint density at radius 3 is 2.91 bits per heavy atom. The molecule has 3 rings (SSSR count). The lowest BCUT2D eigenvalue weighted by molar-refractivity contribution is 0.207. The molecule has 0 spiro atoms. The number of hydrogen-bond donors (Lipinski definition) is 1. The smallest absolute Gasteiger partial charge is 0.178 e. The Kier molecular flexibility index (Phi) is 4.60. The van der Waals surface area contributed by atoms with Crippen molar-refractivity contribution in [3.8, 4) is 5.75 Å². The van der Waals surface area contributed by atoms with Crippen molar-refractivity contribution in [2.45, 2.75) is 46.8 Å². The summed E-state index contributed by atoms with van der Waals surface area (Å²) < 4.78 is 8.92. The maximum atomic E-state index is 5.90. The van der Waals surface area contributed by atoms with Crippen LogP contribution in [-0.2, 0) is 13.1 Å². The summed E-state index contributed by atoms with van der Waals surface area (Å²) in [5.41, 5.74) is 4.89. The Balaban J connectivity index is 2.12. The third-order valence-corrected chi connectivity index (χ3v) is 4.78. The van der Waals surface area contributed by atoms with Crippen LogP contribution >= 0.6 is 12.2 Å². The Morgan fingerprint density at radius 1 is 1.43 bits per heavy atom. The maximum Gasteiger partial charge on any atom is 0.178 e. The Bertz CT molecular complexity index is 798. The van der Waals surface area contributed by atoms with Gasteiger partial charge in [0.2, 0.25) is 0 Å². The molecule has 0 aliphatic carbocycles. The third-order valence-electron chi connectivity index (χ3n) is 4.46. The van der Waals surface area contributed by atoms with Crippen molar-refractivity contribution in [1.29, 1.82) is 0 Å². The molecule has 1 aliphatic rings. The van der Waals surface area contributed by atoms with E-state index in [2.05, 4.69) is 53.4 Å². The lowest BCUT2D eigenvalue weighted by Crippen LogP contribution is -2.34. The van der Waals surface area contributed by atoms with Gasteiger partial charge >= 0.3 is 0 Å². The van der Waals surface area contributed by atoms with Crippen LogP contribution < -0.4 is 4.74 Å². The van der Waals surface area contributed by atoms with E-state index in [1.54, 1.807) is 0 Å². The van der Waals surface area contributed by atoms with Crippen LogP contribution in [0.3, 0.4) is 0 Å². The van der Waals surface area contributed by atoms with Crippen LogP contribution in [0.25, 0.3) is 11.0 Å². The summed E-state index contributed by atoms with van der Waals surface area (Å²) in [7, 11) is 0. The van der Waals surface area contributed by atoms with Crippen LogP contribution in [0.2, 0.25) is 0 Å². The first-order valence-electron chi connectivity index (χ1n) is 8.25. The maximum absolute atomic E-state index is 5.90. The van der Waals surface area contributed by atoms with Crippen molar-refractivity contribution in [3.05, 3.63) is 34.1 Å². The minimum absolute atomic E-state index is 0.415. The molecule has 1 aromatic carbocycles. The average molecular weight is 331 g/mol. The molecule has 124 valence electrons. The molecule has 1 atom stereocenters. The molecule has 0 radical (unpaired) electrons. The number of aromatic nitrogens is 2. The number of imidazole rings is 1. The van der Waals surface area contributed by atoms with Gasteiger partial charge in [-0.2, -0.15) is 0 Å². The van der Waals surface area contributed by atoms with E-state index in [4.69, 9.17) is 17.0 Å². The quantitative estimate of drug-likeness (QED) is 0.671. The molecule has 0 fully saturated rings. The van der Waals surface area contributed by atoms with Gasteiger partial charge in [0.25, 0.3) is 0 Å². The van der Waals surface area contributed by atoms with Crippen LogP contribution in [-0.4, -0.2) is 33.6 Å². The van der Waals surface area contributed by atoms with Crippen molar-refractivity contribution in [2.24, 2.45) is 0 Å². The lowest BCUT2D eigenvalue weighted by Gasteiger charge is -2.26. The van der Waals surface area contributed by atoms with E-state index in [1.165, 1.54) is 16.7 Å². The molecular weight excluding hydrogens is 306 g/mol. The number of aromatic amines is 1. The molecular formula is C18H25N3OS. The topological polar surface area (TPSA) is 33.2 Å². The SMILES string of the molecule is CCOc1ccc2[nH]c(=S)n3c2c1CN(CC=C(C)C)[C@@H](C)C3. The molecule has 1 N–H and O–H groups in total.